The Balaban J connectivity index is 1.76. The highest BCUT2D eigenvalue weighted by atomic mass is 32.2. The highest BCUT2D eigenvalue weighted by Gasteiger charge is 2.33. The average molecular weight is 331 g/mol. The molecule has 0 radical (unpaired) electrons. The summed E-state index contributed by atoms with van der Waals surface area (Å²) in [5, 5.41) is -0.0659. The standard InChI is InChI=1S/C17H17NO4S/c1-2-21-17(20)13-7-5-12(6-8-13)16-18(15(19)11-23-16)10-14-4-3-9-22-14/h3-9,16H,2,10-11H2,1H3/t16-/m0/s1. The van der Waals surface area contributed by atoms with Crippen LogP contribution in [0.15, 0.2) is 47.1 Å². The second-order valence-corrected chi connectivity index (χ2v) is 6.18. The summed E-state index contributed by atoms with van der Waals surface area (Å²) in [4.78, 5) is 25.6. The van der Waals surface area contributed by atoms with Gasteiger partial charge in [0.05, 0.1) is 30.7 Å². The smallest absolute Gasteiger partial charge is 0.338 e. The zero-order valence-corrected chi connectivity index (χ0v) is 13.5. The molecule has 1 saturated heterocycles. The van der Waals surface area contributed by atoms with E-state index in [9.17, 15) is 9.59 Å². The highest BCUT2D eigenvalue weighted by molar-refractivity contribution is 8.00. The van der Waals surface area contributed by atoms with E-state index in [2.05, 4.69) is 0 Å². The minimum Gasteiger partial charge on any atom is -0.467 e. The molecule has 1 amide bonds. The number of nitrogens with zero attached hydrogens (tertiary/aromatic N) is 1. The van der Waals surface area contributed by atoms with Crippen molar-refractivity contribution >= 4 is 23.6 Å². The van der Waals surface area contributed by atoms with Crippen molar-refractivity contribution in [3.8, 4) is 0 Å². The topological polar surface area (TPSA) is 59.8 Å². The lowest BCUT2D eigenvalue weighted by atomic mass is 10.1. The van der Waals surface area contributed by atoms with Gasteiger partial charge in [0, 0.05) is 0 Å². The van der Waals surface area contributed by atoms with Crippen LogP contribution in [0.25, 0.3) is 0 Å². The van der Waals surface area contributed by atoms with Gasteiger partial charge >= 0.3 is 5.97 Å². The molecule has 5 nitrogen and oxygen atoms in total. The fourth-order valence-electron chi connectivity index (χ4n) is 2.47. The monoisotopic (exact) mass is 331 g/mol. The van der Waals surface area contributed by atoms with E-state index in [0.29, 0.717) is 24.5 Å². The lowest BCUT2D eigenvalue weighted by Crippen LogP contribution is -2.27. The van der Waals surface area contributed by atoms with E-state index in [-0.39, 0.29) is 17.3 Å². The zero-order valence-electron chi connectivity index (χ0n) is 12.7. The molecule has 1 aliphatic heterocycles. The Hall–Kier alpha value is -2.21. The molecule has 2 aromatic rings. The lowest BCUT2D eigenvalue weighted by molar-refractivity contribution is -0.128. The zero-order chi connectivity index (χ0) is 16.2. The highest BCUT2D eigenvalue weighted by Crippen LogP contribution is 2.39. The minimum atomic E-state index is -0.332. The molecule has 6 heteroatoms. The molecule has 0 spiro atoms. The maximum absolute atomic E-state index is 12.1. The lowest BCUT2D eigenvalue weighted by Gasteiger charge is -2.23. The van der Waals surface area contributed by atoms with Crippen LogP contribution >= 0.6 is 11.8 Å². The third kappa shape index (κ3) is 3.42. The number of benzene rings is 1. The van der Waals surface area contributed by atoms with Crippen LogP contribution in [0.4, 0.5) is 0 Å². The maximum Gasteiger partial charge on any atom is 0.338 e. The van der Waals surface area contributed by atoms with Crippen LogP contribution in [0.2, 0.25) is 0 Å². The van der Waals surface area contributed by atoms with Gasteiger partial charge in [-0.2, -0.15) is 0 Å². The number of carbonyl (C=O) groups is 2. The van der Waals surface area contributed by atoms with Crippen molar-refractivity contribution < 1.29 is 18.7 Å². The molecule has 0 bridgehead atoms. The number of amides is 1. The summed E-state index contributed by atoms with van der Waals surface area (Å²) in [6, 6.07) is 10.9. The van der Waals surface area contributed by atoms with E-state index in [1.807, 2.05) is 24.3 Å². The van der Waals surface area contributed by atoms with E-state index in [4.69, 9.17) is 9.15 Å². The second-order valence-electron chi connectivity index (χ2n) is 5.11. The van der Waals surface area contributed by atoms with Gasteiger partial charge in [-0.25, -0.2) is 4.79 Å². The fourth-order valence-corrected chi connectivity index (χ4v) is 3.66. The van der Waals surface area contributed by atoms with Crippen molar-refractivity contribution in [1.82, 2.24) is 4.90 Å². The predicted octanol–water partition coefficient (Wildman–Crippen LogP) is 3.23. The fraction of sp³-hybridized carbons (Fsp3) is 0.294. The van der Waals surface area contributed by atoms with Crippen LogP contribution in [0, 0.1) is 0 Å². The van der Waals surface area contributed by atoms with Crippen molar-refractivity contribution in [2.24, 2.45) is 0 Å². The van der Waals surface area contributed by atoms with Crippen LogP contribution in [0.1, 0.15) is 34.0 Å². The molecule has 23 heavy (non-hydrogen) atoms. The first-order chi connectivity index (χ1) is 11.2. The normalized spacial score (nSPS) is 17.5. The predicted molar refractivity (Wildman–Crippen MR) is 86.9 cm³/mol. The molecular formula is C17H17NO4S. The van der Waals surface area contributed by atoms with Gasteiger partial charge in [0.1, 0.15) is 11.1 Å². The van der Waals surface area contributed by atoms with Gasteiger partial charge < -0.3 is 14.1 Å². The molecule has 0 unspecified atom stereocenters. The van der Waals surface area contributed by atoms with Crippen LogP contribution in [0.5, 0.6) is 0 Å². The van der Waals surface area contributed by atoms with Gasteiger partial charge in [0.2, 0.25) is 5.91 Å². The van der Waals surface area contributed by atoms with Crippen LogP contribution in [-0.2, 0) is 16.1 Å². The largest absolute Gasteiger partial charge is 0.467 e. The van der Waals surface area contributed by atoms with Crippen molar-refractivity contribution in [3.63, 3.8) is 0 Å². The molecule has 2 heterocycles. The van der Waals surface area contributed by atoms with Crippen LogP contribution < -0.4 is 0 Å². The van der Waals surface area contributed by atoms with E-state index < -0.39 is 0 Å². The first-order valence-corrected chi connectivity index (χ1v) is 8.44. The summed E-state index contributed by atoms with van der Waals surface area (Å²) in [5.41, 5.74) is 1.50. The Morgan fingerprint density at radius 3 is 2.78 bits per heavy atom. The van der Waals surface area contributed by atoms with E-state index in [0.717, 1.165) is 11.3 Å². The summed E-state index contributed by atoms with van der Waals surface area (Å²) in [5.74, 6) is 0.965. The Labute approximate surface area is 138 Å². The molecule has 1 fully saturated rings. The summed E-state index contributed by atoms with van der Waals surface area (Å²) < 4.78 is 10.3. The van der Waals surface area contributed by atoms with Crippen molar-refractivity contribution in [2.45, 2.75) is 18.8 Å². The molecule has 120 valence electrons. The summed E-state index contributed by atoms with van der Waals surface area (Å²) in [7, 11) is 0. The summed E-state index contributed by atoms with van der Waals surface area (Å²) in [6.45, 7) is 2.58. The summed E-state index contributed by atoms with van der Waals surface area (Å²) in [6.07, 6.45) is 1.60. The number of rotatable bonds is 5. The number of furan rings is 1. The van der Waals surface area contributed by atoms with Gasteiger partial charge in [-0.15, -0.1) is 11.8 Å². The Kier molecular flexibility index (Phi) is 4.71. The minimum absolute atomic E-state index is 0.0659. The number of hydrogen-bond donors (Lipinski definition) is 0. The summed E-state index contributed by atoms with van der Waals surface area (Å²) >= 11 is 1.58. The number of thioether (sulfide) groups is 1. The molecular weight excluding hydrogens is 314 g/mol. The van der Waals surface area contributed by atoms with E-state index in [1.165, 1.54) is 0 Å². The van der Waals surface area contributed by atoms with Crippen molar-refractivity contribution in [1.29, 1.82) is 0 Å². The quantitative estimate of drug-likeness (QED) is 0.787. The first-order valence-electron chi connectivity index (χ1n) is 7.39. The average Bonchev–Trinajstić information content (AvgIpc) is 3.19. The molecule has 1 atom stereocenters. The third-order valence-corrected chi connectivity index (χ3v) is 4.84. The first kappa shape index (κ1) is 15.7. The maximum atomic E-state index is 12.1. The molecule has 3 rings (SSSR count). The Bertz CT molecular complexity index is 681. The SMILES string of the molecule is CCOC(=O)c1ccc([C@@H]2SCC(=O)N2Cc2ccco2)cc1. The van der Waals surface area contributed by atoms with E-state index >= 15 is 0 Å². The van der Waals surface area contributed by atoms with Gasteiger partial charge in [0.25, 0.3) is 0 Å². The number of esters is 1. The molecule has 1 aromatic heterocycles. The molecule has 1 aromatic carbocycles. The van der Waals surface area contributed by atoms with Crippen molar-refractivity contribution in [2.75, 3.05) is 12.4 Å². The molecule has 0 aliphatic carbocycles. The molecule has 0 saturated carbocycles. The second kappa shape index (κ2) is 6.91. The number of hydrogen-bond acceptors (Lipinski definition) is 5. The number of carbonyl (C=O) groups excluding carboxylic acids is 2. The number of ether oxygens (including phenoxy) is 1. The van der Waals surface area contributed by atoms with Gasteiger partial charge in [-0.3, -0.25) is 4.79 Å². The van der Waals surface area contributed by atoms with Gasteiger partial charge in [0.15, 0.2) is 0 Å². The van der Waals surface area contributed by atoms with Gasteiger partial charge in [-0.1, -0.05) is 12.1 Å². The van der Waals surface area contributed by atoms with E-state index in [1.54, 1.807) is 42.0 Å². The van der Waals surface area contributed by atoms with Crippen LogP contribution in [-0.4, -0.2) is 29.1 Å². The van der Waals surface area contributed by atoms with Crippen molar-refractivity contribution in [3.05, 3.63) is 59.5 Å². The Morgan fingerprint density at radius 2 is 2.13 bits per heavy atom. The Morgan fingerprint density at radius 1 is 1.35 bits per heavy atom. The molecule has 0 N–H and O–H groups in total. The van der Waals surface area contributed by atoms with Gasteiger partial charge in [-0.05, 0) is 36.8 Å². The van der Waals surface area contributed by atoms with Crippen LogP contribution in [0.3, 0.4) is 0 Å². The molecule has 1 aliphatic rings. The third-order valence-electron chi connectivity index (χ3n) is 3.58.